The molecule has 1 aliphatic rings. The summed E-state index contributed by atoms with van der Waals surface area (Å²) in [7, 11) is 0. The van der Waals surface area contributed by atoms with Crippen molar-refractivity contribution < 1.29 is 13.5 Å². The predicted octanol–water partition coefficient (Wildman–Crippen LogP) is 0.231. The van der Waals surface area contributed by atoms with Crippen molar-refractivity contribution >= 4 is 5.69 Å². The van der Waals surface area contributed by atoms with Crippen molar-refractivity contribution in [1.29, 1.82) is 5.26 Å². The molecule has 3 N–H and O–H groups in total. The average Bonchev–Trinajstić information content (AvgIpc) is 3.07. The van der Waals surface area contributed by atoms with Crippen LogP contribution in [0.2, 0.25) is 0 Å². The Labute approximate surface area is 177 Å². The summed E-state index contributed by atoms with van der Waals surface area (Å²) in [5.41, 5.74) is -2.00. The first-order valence-corrected chi connectivity index (χ1v) is 9.30. The van der Waals surface area contributed by atoms with Gasteiger partial charge in [0.2, 0.25) is 5.88 Å². The Balaban J connectivity index is 1.55. The minimum atomic E-state index is -3.17. The number of ether oxygens (including phenoxy) is 1. The Kier molecular flexibility index (Phi) is 5.27. The van der Waals surface area contributed by atoms with Crippen molar-refractivity contribution in [3.63, 3.8) is 0 Å². The van der Waals surface area contributed by atoms with Crippen molar-refractivity contribution in [2.75, 3.05) is 24.6 Å². The largest absolute Gasteiger partial charge is 0.477 e. The molecule has 0 saturated carbocycles. The van der Waals surface area contributed by atoms with Crippen LogP contribution in [-0.4, -0.2) is 50.8 Å². The van der Waals surface area contributed by atoms with Crippen molar-refractivity contribution in [3.8, 4) is 23.2 Å². The fraction of sp³-hybridized carbons (Fsp3) is 0.263. The molecule has 3 aromatic rings. The topological polar surface area (TPSA) is 161 Å². The Morgan fingerprint density at radius 1 is 1.28 bits per heavy atom. The maximum absolute atomic E-state index is 14.6. The second-order valence-electron chi connectivity index (χ2n) is 7.10. The van der Waals surface area contributed by atoms with E-state index in [9.17, 15) is 23.2 Å². The number of aromatic amines is 3. The number of halogens is 2. The van der Waals surface area contributed by atoms with Gasteiger partial charge in [-0.05, 0) is 12.1 Å². The number of aromatic nitrogens is 5. The van der Waals surface area contributed by atoms with Crippen molar-refractivity contribution in [2.45, 2.75) is 5.92 Å². The van der Waals surface area contributed by atoms with Crippen molar-refractivity contribution in [3.05, 3.63) is 67.3 Å². The second kappa shape index (κ2) is 8.06. The van der Waals surface area contributed by atoms with Gasteiger partial charge in [-0.3, -0.25) is 14.6 Å². The molecule has 11 nitrogen and oxygen atoms in total. The van der Waals surface area contributed by atoms with Crippen molar-refractivity contribution in [2.24, 2.45) is 5.92 Å². The molecule has 3 aromatic heterocycles. The molecule has 1 fully saturated rings. The van der Waals surface area contributed by atoms with E-state index < -0.39 is 35.2 Å². The van der Waals surface area contributed by atoms with Crippen LogP contribution in [0.4, 0.5) is 14.5 Å². The number of rotatable bonds is 5. The lowest BCUT2D eigenvalue weighted by molar-refractivity contribution is -0.0359. The Morgan fingerprint density at radius 3 is 2.78 bits per heavy atom. The highest BCUT2D eigenvalue weighted by atomic mass is 19.3. The number of nitriles is 1. The average molecular weight is 443 g/mol. The smallest absolute Gasteiger partial charge is 0.325 e. The number of anilines is 1. The van der Waals surface area contributed by atoms with Gasteiger partial charge in [-0.25, -0.2) is 23.7 Å². The highest BCUT2D eigenvalue weighted by Crippen LogP contribution is 2.35. The molecule has 4 rings (SSSR count). The van der Waals surface area contributed by atoms with Gasteiger partial charge in [-0.1, -0.05) is 0 Å². The molecule has 164 valence electrons. The van der Waals surface area contributed by atoms with Gasteiger partial charge in [-0.2, -0.15) is 10.4 Å². The predicted molar refractivity (Wildman–Crippen MR) is 107 cm³/mol. The zero-order valence-electron chi connectivity index (χ0n) is 16.3. The molecule has 4 heterocycles. The third kappa shape index (κ3) is 4.10. The maximum atomic E-state index is 14.6. The van der Waals surface area contributed by atoms with Crippen LogP contribution in [0.15, 0.2) is 45.0 Å². The molecule has 0 radical (unpaired) electrons. The molecule has 1 atom stereocenters. The summed E-state index contributed by atoms with van der Waals surface area (Å²) >= 11 is 0. The summed E-state index contributed by atoms with van der Waals surface area (Å²) in [6, 6.07) is 5.97. The first-order valence-electron chi connectivity index (χ1n) is 9.30. The van der Waals surface area contributed by atoms with Gasteiger partial charge in [-0.15, -0.1) is 0 Å². The number of H-pyrrole nitrogens is 3. The molecule has 0 spiro atoms. The van der Waals surface area contributed by atoms with E-state index >= 15 is 0 Å². The fourth-order valence-electron chi connectivity index (χ4n) is 3.29. The van der Waals surface area contributed by atoms with Crippen LogP contribution in [0.25, 0.3) is 11.3 Å². The molecule has 1 unspecified atom stereocenters. The van der Waals surface area contributed by atoms with E-state index in [1.54, 1.807) is 0 Å². The highest BCUT2D eigenvalue weighted by Gasteiger charge is 2.49. The number of hydrogen-bond acceptors (Lipinski definition) is 8. The van der Waals surface area contributed by atoms with E-state index in [0.717, 1.165) is 6.20 Å². The number of alkyl halides is 2. The van der Waals surface area contributed by atoms with E-state index in [1.165, 1.54) is 29.3 Å². The van der Waals surface area contributed by atoms with Crippen LogP contribution >= 0.6 is 0 Å². The minimum Gasteiger partial charge on any atom is -0.477 e. The van der Waals surface area contributed by atoms with Crippen LogP contribution in [0.5, 0.6) is 5.88 Å². The zero-order chi connectivity index (χ0) is 22.9. The van der Waals surface area contributed by atoms with Crippen LogP contribution in [-0.2, 0) is 0 Å². The summed E-state index contributed by atoms with van der Waals surface area (Å²) in [6.45, 7) is -1.30. The highest BCUT2D eigenvalue weighted by molar-refractivity contribution is 5.62. The zero-order valence-corrected chi connectivity index (χ0v) is 16.3. The third-order valence-corrected chi connectivity index (χ3v) is 4.96. The molecule has 13 heteroatoms. The van der Waals surface area contributed by atoms with Crippen LogP contribution in [0.1, 0.15) is 5.56 Å². The molecule has 0 bridgehead atoms. The summed E-state index contributed by atoms with van der Waals surface area (Å²) < 4.78 is 34.6. The van der Waals surface area contributed by atoms with Gasteiger partial charge in [0.1, 0.15) is 18.4 Å². The van der Waals surface area contributed by atoms with E-state index in [0.29, 0.717) is 5.56 Å². The summed E-state index contributed by atoms with van der Waals surface area (Å²) in [6.07, 6.45) is 2.39. The molecule has 0 aliphatic carbocycles. The number of nitrogens with zero attached hydrogens (tertiary/aromatic N) is 4. The fourth-order valence-corrected chi connectivity index (χ4v) is 3.29. The van der Waals surface area contributed by atoms with Gasteiger partial charge in [0.25, 0.3) is 17.0 Å². The van der Waals surface area contributed by atoms with Gasteiger partial charge in [0.15, 0.2) is 0 Å². The normalized spacial score (nSPS) is 17.2. The lowest BCUT2D eigenvalue weighted by Gasteiger charge is -2.17. The molecular formula is C19H15F2N7O4. The minimum absolute atomic E-state index is 0.00176. The lowest BCUT2D eigenvalue weighted by Crippen LogP contribution is -2.32. The lowest BCUT2D eigenvalue weighted by atomic mass is 10.1. The van der Waals surface area contributed by atoms with Crippen LogP contribution < -0.4 is 26.4 Å². The third-order valence-electron chi connectivity index (χ3n) is 4.96. The number of pyridine rings is 1. The van der Waals surface area contributed by atoms with E-state index in [2.05, 4.69) is 20.2 Å². The van der Waals surface area contributed by atoms with Gasteiger partial charge >= 0.3 is 5.69 Å². The van der Waals surface area contributed by atoms with Crippen LogP contribution in [0, 0.1) is 17.2 Å². The first-order chi connectivity index (χ1) is 15.3. The molecule has 1 saturated heterocycles. The monoisotopic (exact) mass is 443 g/mol. The summed E-state index contributed by atoms with van der Waals surface area (Å²) in [5.74, 6) is -4.31. The quantitative estimate of drug-likeness (QED) is 0.505. The van der Waals surface area contributed by atoms with E-state index in [4.69, 9.17) is 10.00 Å². The number of nitrogens with one attached hydrogen (secondary N) is 3. The summed E-state index contributed by atoms with van der Waals surface area (Å²) in [4.78, 5) is 44.8. The van der Waals surface area contributed by atoms with Crippen LogP contribution in [0.3, 0.4) is 0 Å². The molecule has 0 aromatic carbocycles. The maximum Gasteiger partial charge on any atom is 0.325 e. The second-order valence-corrected chi connectivity index (χ2v) is 7.10. The molecular weight excluding hydrogens is 428 g/mol. The van der Waals surface area contributed by atoms with Crippen molar-refractivity contribution in [1.82, 2.24) is 25.1 Å². The molecule has 0 amide bonds. The Morgan fingerprint density at radius 2 is 2.09 bits per heavy atom. The summed E-state index contributed by atoms with van der Waals surface area (Å²) in [5, 5.41) is 14.7. The number of hydrogen-bond donors (Lipinski definition) is 3. The van der Waals surface area contributed by atoms with Gasteiger partial charge in [0.05, 0.1) is 29.3 Å². The molecule has 1 aliphatic heterocycles. The SMILES string of the molecule is N#Cc1ccc(OCC2CN(c3cc(-c4c[nH]c(=O)[nH]c4=O)n[nH]c3=O)CC2(F)F)nc1. The van der Waals surface area contributed by atoms with Gasteiger partial charge < -0.3 is 14.6 Å². The van der Waals surface area contributed by atoms with Gasteiger partial charge in [0, 0.05) is 25.0 Å². The first kappa shape index (κ1) is 20.9. The Bertz CT molecular complexity index is 1360. The molecule has 32 heavy (non-hydrogen) atoms. The Hall–Kier alpha value is -4.34. The van der Waals surface area contributed by atoms with E-state index in [-0.39, 0.29) is 36.0 Å². The standard InChI is InChI=1S/C19H15F2N7O4/c20-19(21)9-28(7-11(19)8-32-15-2-1-10(4-22)5-23-15)14-3-13(26-27-17(14)30)12-6-24-18(31)25-16(12)29/h1-3,5-6,11H,7-9H2,(H,27,30)(H2,24,25,29,31). The van der Waals surface area contributed by atoms with E-state index in [1.807, 2.05) is 11.1 Å².